The number of phenolic OH excluding ortho intramolecular Hbond substituents is 1. The van der Waals surface area contributed by atoms with E-state index >= 15 is 0 Å². The van der Waals surface area contributed by atoms with E-state index in [4.69, 9.17) is 24.5 Å². The van der Waals surface area contributed by atoms with Crippen LogP contribution in [0.1, 0.15) is 36.8 Å². The van der Waals surface area contributed by atoms with Crippen molar-refractivity contribution in [2.45, 2.75) is 67.5 Å². The molecule has 1 saturated heterocycles. The van der Waals surface area contributed by atoms with E-state index < -0.39 is 59.6 Å². The molecule has 1 amide bonds. The van der Waals surface area contributed by atoms with Crippen LogP contribution >= 0.6 is 0 Å². The number of benzene rings is 1. The SMILES string of the molecule is CN1CC[C@]23c4c5ccc(O)c4O[C@H]2C(OC(=O)CCNC(=O)[C@@H](O)CC(=O)O)=CC[C@@]3(O)[C@H]1C5.O=C(O)C(F)(F)F. The number of amides is 1. The van der Waals surface area contributed by atoms with Crippen molar-refractivity contribution in [3.63, 3.8) is 0 Å². The third-order valence-corrected chi connectivity index (χ3v) is 8.13. The van der Waals surface area contributed by atoms with Gasteiger partial charge in [0.1, 0.15) is 11.9 Å². The molecule has 2 aliphatic heterocycles. The predicted octanol–water partition coefficient (Wildman–Crippen LogP) is 0.188. The van der Waals surface area contributed by atoms with E-state index in [2.05, 4.69) is 10.2 Å². The normalized spacial score (nSPS) is 27.7. The molecule has 1 spiro atoms. The Labute approximate surface area is 236 Å². The summed E-state index contributed by atoms with van der Waals surface area (Å²) < 4.78 is 43.6. The van der Waals surface area contributed by atoms with Crippen molar-refractivity contribution in [1.82, 2.24) is 10.2 Å². The number of nitrogens with one attached hydrogen (secondary N) is 1. The summed E-state index contributed by atoms with van der Waals surface area (Å²) in [6.07, 6.45) is -5.47. The largest absolute Gasteiger partial charge is 0.504 e. The van der Waals surface area contributed by atoms with E-state index in [9.17, 15) is 42.9 Å². The lowest BCUT2D eigenvalue weighted by molar-refractivity contribution is -0.192. The molecule has 230 valence electrons. The highest BCUT2D eigenvalue weighted by atomic mass is 19.4. The van der Waals surface area contributed by atoms with Crippen LogP contribution in [0.15, 0.2) is 24.0 Å². The maximum absolute atomic E-state index is 12.6. The first kappa shape index (κ1) is 31.1. The molecule has 16 heteroatoms. The molecular weight excluding hydrogens is 573 g/mol. The number of hydrogen-bond acceptors (Lipinski definition) is 10. The highest BCUT2D eigenvalue weighted by Crippen LogP contribution is 2.65. The minimum atomic E-state index is -5.08. The van der Waals surface area contributed by atoms with Crippen LogP contribution in [0.25, 0.3) is 0 Å². The first-order valence-electron chi connectivity index (χ1n) is 12.9. The zero-order valence-electron chi connectivity index (χ0n) is 22.2. The van der Waals surface area contributed by atoms with Crippen LogP contribution in [-0.2, 0) is 35.8 Å². The van der Waals surface area contributed by atoms with Crippen molar-refractivity contribution in [2.24, 2.45) is 0 Å². The number of likely N-dealkylation sites (N-methyl/N-ethyl adjacent to an activating group) is 1. The zero-order chi connectivity index (χ0) is 31.2. The number of aliphatic carboxylic acids is 2. The van der Waals surface area contributed by atoms with Crippen LogP contribution in [-0.4, -0.2) is 104 Å². The topological polar surface area (TPSA) is 203 Å². The van der Waals surface area contributed by atoms with Crippen molar-refractivity contribution < 1.29 is 67.4 Å². The standard InChI is InChI=1S/C24H28N2O9.C2HF3O2/c1-26-9-7-23-19-12-2-3-13(27)20(19)35-21(23)15(4-6-24(23,33)16(26)10-12)34-18(31)5-8-25-22(32)14(28)11-17(29)30;3-2(4,5)1(6)7/h2-4,14,16,21,27-28,33H,5-11H2,1H3,(H,25,32)(H,29,30);(H,6,7)/t14-,16+,21-,23-,24+;/m0./s1. The van der Waals surface area contributed by atoms with Crippen molar-refractivity contribution in [1.29, 1.82) is 0 Å². The number of likely N-dealkylation sites (tertiary alicyclic amines) is 1. The van der Waals surface area contributed by atoms with Gasteiger partial charge in [-0.1, -0.05) is 6.07 Å². The van der Waals surface area contributed by atoms with Crippen molar-refractivity contribution in [3.8, 4) is 11.5 Å². The molecule has 1 aromatic rings. The fourth-order valence-corrected chi connectivity index (χ4v) is 6.28. The number of carboxylic acids is 2. The average Bonchev–Trinajstić information content (AvgIpc) is 3.25. The number of carbonyl (C=O) groups is 4. The lowest BCUT2D eigenvalue weighted by Crippen LogP contribution is -2.74. The third-order valence-electron chi connectivity index (χ3n) is 8.13. The molecule has 2 bridgehead atoms. The van der Waals surface area contributed by atoms with Gasteiger partial charge in [0.05, 0.1) is 23.9 Å². The van der Waals surface area contributed by atoms with Crippen LogP contribution in [0.3, 0.4) is 0 Å². The second kappa shape index (κ2) is 11.1. The van der Waals surface area contributed by atoms with Gasteiger partial charge in [-0.25, -0.2) is 4.79 Å². The Morgan fingerprint density at radius 3 is 2.52 bits per heavy atom. The van der Waals surface area contributed by atoms with Crippen LogP contribution in [0.4, 0.5) is 13.2 Å². The summed E-state index contributed by atoms with van der Waals surface area (Å²) in [5.41, 5.74) is -0.251. The summed E-state index contributed by atoms with van der Waals surface area (Å²) in [5.74, 6) is -5.08. The fourth-order valence-electron chi connectivity index (χ4n) is 6.28. The number of nitrogens with zero attached hydrogens (tertiary/aromatic N) is 1. The summed E-state index contributed by atoms with van der Waals surface area (Å²) in [7, 11) is 1.98. The molecule has 5 atom stereocenters. The fraction of sp³-hybridized carbons (Fsp3) is 0.538. The lowest BCUT2D eigenvalue weighted by atomic mass is 9.50. The van der Waals surface area contributed by atoms with Gasteiger partial charge in [0.25, 0.3) is 0 Å². The van der Waals surface area contributed by atoms with Crippen molar-refractivity contribution in [2.75, 3.05) is 20.1 Å². The second-order valence-electron chi connectivity index (χ2n) is 10.5. The van der Waals surface area contributed by atoms with Crippen LogP contribution in [0.2, 0.25) is 0 Å². The average molecular weight is 603 g/mol. The Morgan fingerprint density at radius 1 is 1.24 bits per heavy atom. The van der Waals surface area contributed by atoms with Crippen LogP contribution in [0, 0.1) is 0 Å². The third kappa shape index (κ3) is 5.25. The number of aromatic hydroxyl groups is 1. The highest BCUT2D eigenvalue weighted by Gasteiger charge is 2.72. The van der Waals surface area contributed by atoms with E-state index in [1.165, 1.54) is 0 Å². The molecule has 42 heavy (non-hydrogen) atoms. The first-order chi connectivity index (χ1) is 19.5. The molecule has 13 nitrogen and oxygen atoms in total. The van der Waals surface area contributed by atoms with Gasteiger partial charge in [-0.3, -0.25) is 14.4 Å². The maximum atomic E-state index is 12.6. The Balaban J connectivity index is 0.000000517. The van der Waals surface area contributed by atoms with Crippen molar-refractivity contribution in [3.05, 3.63) is 35.1 Å². The van der Waals surface area contributed by atoms with E-state index in [-0.39, 0.29) is 36.9 Å². The number of piperidine rings is 1. The first-order valence-corrected chi connectivity index (χ1v) is 12.9. The number of aliphatic hydroxyl groups excluding tert-OH is 1. The maximum Gasteiger partial charge on any atom is 0.490 e. The molecule has 0 saturated carbocycles. The molecule has 4 aliphatic rings. The van der Waals surface area contributed by atoms with E-state index in [0.717, 1.165) is 11.1 Å². The monoisotopic (exact) mass is 602 g/mol. The molecule has 6 N–H and O–H groups in total. The van der Waals surface area contributed by atoms with Gasteiger partial charge >= 0.3 is 24.1 Å². The van der Waals surface area contributed by atoms with Gasteiger partial charge < -0.3 is 45.2 Å². The number of alkyl halides is 3. The Hall–Kier alpha value is -3.89. The van der Waals surface area contributed by atoms with Crippen LogP contribution in [0.5, 0.6) is 11.5 Å². The molecule has 2 heterocycles. The molecule has 1 fully saturated rings. The number of ether oxygens (including phenoxy) is 2. The Morgan fingerprint density at radius 2 is 1.90 bits per heavy atom. The lowest BCUT2D eigenvalue weighted by Gasteiger charge is -2.61. The molecule has 0 unspecified atom stereocenters. The Kier molecular flexibility index (Phi) is 8.19. The van der Waals surface area contributed by atoms with E-state index in [0.29, 0.717) is 25.1 Å². The van der Waals surface area contributed by atoms with Crippen molar-refractivity contribution >= 4 is 23.8 Å². The van der Waals surface area contributed by atoms with Gasteiger partial charge in [0, 0.05) is 24.6 Å². The number of esters is 1. The summed E-state index contributed by atoms with van der Waals surface area (Å²) in [4.78, 5) is 46.0. The van der Waals surface area contributed by atoms with Crippen LogP contribution < -0.4 is 10.1 Å². The van der Waals surface area contributed by atoms with Gasteiger partial charge in [-0.2, -0.15) is 13.2 Å². The zero-order valence-corrected chi connectivity index (χ0v) is 22.2. The molecule has 2 aliphatic carbocycles. The minimum Gasteiger partial charge on any atom is -0.504 e. The van der Waals surface area contributed by atoms with E-state index in [1.807, 2.05) is 13.1 Å². The van der Waals surface area contributed by atoms with E-state index in [1.54, 1.807) is 12.1 Å². The summed E-state index contributed by atoms with van der Waals surface area (Å²) >= 11 is 0. The summed E-state index contributed by atoms with van der Waals surface area (Å²) in [6, 6.07) is 3.28. The number of carbonyl (C=O) groups excluding carboxylic acids is 2. The number of phenols is 1. The predicted molar refractivity (Wildman–Crippen MR) is 132 cm³/mol. The molecular formula is C26H29F3N2O11. The van der Waals surface area contributed by atoms with Gasteiger partial charge in [-0.15, -0.1) is 0 Å². The summed E-state index contributed by atoms with van der Waals surface area (Å²) in [5, 5.41) is 50.2. The number of carboxylic acid groups (broad SMARTS) is 2. The Bertz CT molecular complexity index is 1330. The smallest absolute Gasteiger partial charge is 0.490 e. The quantitative estimate of drug-likeness (QED) is 0.232. The highest BCUT2D eigenvalue weighted by molar-refractivity contribution is 5.85. The number of rotatable bonds is 7. The number of halogens is 3. The second-order valence-corrected chi connectivity index (χ2v) is 10.5. The molecule has 5 rings (SSSR count). The van der Waals surface area contributed by atoms with Gasteiger partial charge in [0.15, 0.2) is 17.6 Å². The number of aliphatic hydroxyl groups is 2. The van der Waals surface area contributed by atoms with Gasteiger partial charge in [-0.05, 0) is 44.1 Å². The molecule has 0 radical (unpaired) electrons. The number of hydrogen-bond donors (Lipinski definition) is 6. The minimum absolute atomic E-state index is 0.0273. The molecule has 1 aromatic carbocycles. The molecule has 0 aromatic heterocycles. The van der Waals surface area contributed by atoms with Gasteiger partial charge in [0.2, 0.25) is 5.91 Å². The summed E-state index contributed by atoms with van der Waals surface area (Å²) in [6.45, 7) is 0.549.